The molecule has 0 N–H and O–H groups in total. The predicted molar refractivity (Wildman–Crippen MR) is 81.0 cm³/mol. The van der Waals surface area contributed by atoms with Crippen molar-refractivity contribution in [2.24, 2.45) is 0 Å². The average Bonchev–Trinajstić information content (AvgIpc) is 2.35. The Morgan fingerprint density at radius 3 is 2.32 bits per heavy atom. The molecule has 0 heterocycles. The van der Waals surface area contributed by atoms with Crippen molar-refractivity contribution in [2.75, 3.05) is 33.7 Å². The molecule has 106 valence electrons. The molecule has 4 heteroatoms. The average molecular weight is 283 g/mol. The largest absolute Gasteiger partial charge is 0.308 e. The monoisotopic (exact) mass is 282 g/mol. The van der Waals surface area contributed by atoms with Crippen LogP contribution in [-0.4, -0.2) is 55.4 Å². The van der Waals surface area contributed by atoms with Gasteiger partial charge in [-0.1, -0.05) is 18.5 Å². The van der Waals surface area contributed by atoms with E-state index < -0.39 is 0 Å². The van der Waals surface area contributed by atoms with Crippen molar-refractivity contribution in [1.29, 1.82) is 0 Å². The molecule has 3 nitrogen and oxygen atoms in total. The highest BCUT2D eigenvalue weighted by Gasteiger charge is 2.17. The molecule has 0 saturated carbocycles. The Kier molecular flexibility index (Phi) is 6.49. The van der Waals surface area contributed by atoms with Gasteiger partial charge in [-0.3, -0.25) is 9.69 Å². The van der Waals surface area contributed by atoms with E-state index in [9.17, 15) is 4.79 Å². The quantitative estimate of drug-likeness (QED) is 0.719. The molecule has 0 aliphatic carbocycles. The van der Waals surface area contributed by atoms with Crippen molar-refractivity contribution in [2.45, 2.75) is 19.9 Å². The maximum atomic E-state index is 12.2. The molecule has 1 rings (SSSR count). The van der Waals surface area contributed by atoms with Crippen molar-refractivity contribution in [3.63, 3.8) is 0 Å². The Hall–Kier alpha value is -0.900. The zero-order valence-corrected chi connectivity index (χ0v) is 12.9. The molecule has 0 saturated heterocycles. The number of rotatable bonds is 7. The molecule has 1 unspecified atom stereocenters. The van der Waals surface area contributed by atoms with Gasteiger partial charge in [0.1, 0.15) is 0 Å². The minimum Gasteiger partial charge on any atom is -0.308 e. The number of likely N-dealkylation sites (N-methyl/N-ethyl adjacent to an activating group) is 2. The van der Waals surface area contributed by atoms with E-state index in [4.69, 9.17) is 11.6 Å². The van der Waals surface area contributed by atoms with Crippen LogP contribution < -0.4 is 0 Å². The molecule has 0 bridgehead atoms. The van der Waals surface area contributed by atoms with Crippen LogP contribution in [0, 0.1) is 0 Å². The van der Waals surface area contributed by atoms with Gasteiger partial charge in [0.15, 0.2) is 5.78 Å². The molecule has 1 aromatic rings. The fourth-order valence-electron chi connectivity index (χ4n) is 2.13. The van der Waals surface area contributed by atoms with Crippen LogP contribution in [0.4, 0.5) is 0 Å². The van der Waals surface area contributed by atoms with E-state index in [0.29, 0.717) is 17.6 Å². The minimum atomic E-state index is 0.143. The van der Waals surface area contributed by atoms with E-state index in [1.807, 2.05) is 14.1 Å². The van der Waals surface area contributed by atoms with Crippen LogP contribution in [0.1, 0.15) is 24.2 Å². The van der Waals surface area contributed by atoms with Gasteiger partial charge in [-0.05, 0) is 51.8 Å². The second-order valence-electron chi connectivity index (χ2n) is 5.10. The summed E-state index contributed by atoms with van der Waals surface area (Å²) in [7, 11) is 4.09. The van der Waals surface area contributed by atoms with Gasteiger partial charge >= 0.3 is 0 Å². The molecule has 0 aliphatic heterocycles. The Balaban J connectivity index is 2.65. The summed E-state index contributed by atoms with van der Waals surface area (Å²) in [6.07, 6.45) is 0. The highest BCUT2D eigenvalue weighted by molar-refractivity contribution is 6.30. The molecule has 0 fully saturated rings. The van der Waals surface area contributed by atoms with Crippen molar-refractivity contribution in [1.82, 2.24) is 9.80 Å². The number of nitrogens with zero attached hydrogens (tertiary/aromatic N) is 2. The number of benzene rings is 1. The summed E-state index contributed by atoms with van der Waals surface area (Å²) in [5.41, 5.74) is 0.722. The third kappa shape index (κ3) is 5.31. The minimum absolute atomic E-state index is 0.143. The first-order chi connectivity index (χ1) is 8.93. The Morgan fingerprint density at radius 2 is 1.84 bits per heavy atom. The van der Waals surface area contributed by atoms with Gasteiger partial charge in [-0.25, -0.2) is 0 Å². The summed E-state index contributed by atoms with van der Waals surface area (Å²) in [5.74, 6) is 0.143. The van der Waals surface area contributed by atoms with Crippen LogP contribution in [0.3, 0.4) is 0 Å². The van der Waals surface area contributed by atoms with E-state index in [2.05, 4.69) is 23.6 Å². The van der Waals surface area contributed by atoms with E-state index in [-0.39, 0.29) is 5.78 Å². The Labute approximate surface area is 121 Å². The van der Waals surface area contributed by atoms with Crippen molar-refractivity contribution >= 4 is 17.4 Å². The van der Waals surface area contributed by atoms with E-state index in [1.165, 1.54) is 0 Å². The molecule has 1 aromatic carbocycles. The lowest BCUT2D eigenvalue weighted by Gasteiger charge is -2.29. The molecular formula is C15H23ClN2O. The molecule has 1 atom stereocenters. The van der Waals surface area contributed by atoms with E-state index in [0.717, 1.165) is 18.7 Å². The highest BCUT2D eigenvalue weighted by atomic mass is 35.5. The summed E-state index contributed by atoms with van der Waals surface area (Å²) >= 11 is 5.83. The number of hydrogen-bond acceptors (Lipinski definition) is 3. The van der Waals surface area contributed by atoms with E-state index >= 15 is 0 Å². The first kappa shape index (κ1) is 16.2. The molecular weight excluding hydrogens is 260 g/mol. The predicted octanol–water partition coefficient (Wildman–Crippen LogP) is 2.79. The standard InChI is InChI=1S/C15H23ClN2O/c1-5-18(12(2)10-17(3)4)11-15(19)13-6-8-14(16)9-7-13/h6-9,12H,5,10-11H2,1-4H3. The molecule has 0 aromatic heterocycles. The highest BCUT2D eigenvalue weighted by Crippen LogP contribution is 2.11. The van der Waals surface area contributed by atoms with Gasteiger partial charge in [0.05, 0.1) is 6.54 Å². The third-order valence-corrected chi connectivity index (χ3v) is 3.42. The maximum Gasteiger partial charge on any atom is 0.176 e. The first-order valence-corrected chi connectivity index (χ1v) is 6.99. The van der Waals surface area contributed by atoms with Crippen LogP contribution in [0.2, 0.25) is 5.02 Å². The number of hydrogen-bond donors (Lipinski definition) is 0. The molecule has 0 amide bonds. The van der Waals surface area contributed by atoms with Gasteiger partial charge in [-0.2, -0.15) is 0 Å². The van der Waals surface area contributed by atoms with Gasteiger partial charge in [0.2, 0.25) is 0 Å². The number of Topliss-reactive ketones (excluding diaryl/α,β-unsaturated/α-hetero) is 1. The first-order valence-electron chi connectivity index (χ1n) is 6.61. The van der Waals surface area contributed by atoms with Crippen LogP contribution in [-0.2, 0) is 0 Å². The topological polar surface area (TPSA) is 23.6 Å². The molecule has 19 heavy (non-hydrogen) atoms. The Morgan fingerprint density at radius 1 is 1.26 bits per heavy atom. The zero-order valence-electron chi connectivity index (χ0n) is 12.2. The third-order valence-electron chi connectivity index (χ3n) is 3.17. The molecule has 0 aliphatic rings. The summed E-state index contributed by atoms with van der Waals surface area (Å²) in [6, 6.07) is 7.45. The summed E-state index contributed by atoms with van der Waals surface area (Å²) in [6.45, 7) is 6.50. The van der Waals surface area contributed by atoms with Gasteiger partial charge in [-0.15, -0.1) is 0 Å². The van der Waals surface area contributed by atoms with Crippen LogP contribution in [0.5, 0.6) is 0 Å². The normalized spacial score (nSPS) is 13.0. The maximum absolute atomic E-state index is 12.2. The summed E-state index contributed by atoms with van der Waals surface area (Å²) in [4.78, 5) is 16.5. The van der Waals surface area contributed by atoms with Crippen LogP contribution in [0.25, 0.3) is 0 Å². The smallest absolute Gasteiger partial charge is 0.176 e. The SMILES string of the molecule is CCN(CC(=O)c1ccc(Cl)cc1)C(C)CN(C)C. The lowest BCUT2D eigenvalue weighted by molar-refractivity contribution is 0.0888. The van der Waals surface area contributed by atoms with Crippen molar-refractivity contribution < 1.29 is 4.79 Å². The van der Waals surface area contributed by atoms with E-state index in [1.54, 1.807) is 24.3 Å². The number of halogens is 1. The van der Waals surface area contributed by atoms with Crippen LogP contribution in [0.15, 0.2) is 24.3 Å². The van der Waals surface area contributed by atoms with Gasteiger partial charge in [0, 0.05) is 23.2 Å². The van der Waals surface area contributed by atoms with Gasteiger partial charge < -0.3 is 4.90 Å². The molecule has 0 spiro atoms. The lowest BCUT2D eigenvalue weighted by Crippen LogP contribution is -2.42. The summed E-state index contributed by atoms with van der Waals surface area (Å²) in [5, 5.41) is 0.657. The zero-order chi connectivity index (χ0) is 14.4. The van der Waals surface area contributed by atoms with Crippen molar-refractivity contribution in [3.05, 3.63) is 34.9 Å². The number of carbonyl (C=O) groups is 1. The number of carbonyl (C=O) groups excluding carboxylic acids is 1. The Bertz CT molecular complexity index is 403. The number of ketones is 1. The van der Waals surface area contributed by atoms with Crippen LogP contribution >= 0.6 is 11.6 Å². The fraction of sp³-hybridized carbons (Fsp3) is 0.533. The molecule has 0 radical (unpaired) electrons. The van der Waals surface area contributed by atoms with Gasteiger partial charge in [0.25, 0.3) is 0 Å². The lowest BCUT2D eigenvalue weighted by atomic mass is 10.1. The second kappa shape index (κ2) is 7.63. The summed E-state index contributed by atoms with van der Waals surface area (Å²) < 4.78 is 0. The second-order valence-corrected chi connectivity index (χ2v) is 5.54. The van der Waals surface area contributed by atoms with Crippen molar-refractivity contribution in [3.8, 4) is 0 Å². The fourth-order valence-corrected chi connectivity index (χ4v) is 2.26.